The van der Waals surface area contributed by atoms with Crippen LogP contribution in [-0.2, 0) is 11.2 Å². The second kappa shape index (κ2) is 8.03. The Morgan fingerprint density at radius 2 is 1.64 bits per heavy atom. The zero-order valence-corrected chi connectivity index (χ0v) is 14.6. The van der Waals surface area contributed by atoms with Crippen molar-refractivity contribution in [2.45, 2.75) is 19.3 Å². The van der Waals surface area contributed by atoms with Gasteiger partial charge in [0.1, 0.15) is 0 Å². The Labute approximate surface area is 152 Å². The average Bonchev–Trinajstić information content (AvgIpc) is 3.13. The molecule has 0 unspecified atom stereocenters. The van der Waals surface area contributed by atoms with Crippen LogP contribution in [0.1, 0.15) is 18.4 Å². The summed E-state index contributed by atoms with van der Waals surface area (Å²) in [7, 11) is 0. The first-order chi connectivity index (χ1) is 12.1. The lowest BCUT2D eigenvalue weighted by Crippen LogP contribution is -2.29. The molecule has 2 N–H and O–H groups in total. The van der Waals surface area contributed by atoms with Crippen molar-refractivity contribution in [2.75, 3.05) is 23.7 Å². The summed E-state index contributed by atoms with van der Waals surface area (Å²) in [6, 6.07) is 14.0. The highest BCUT2D eigenvalue weighted by Gasteiger charge is 2.17. The number of amides is 3. The van der Waals surface area contributed by atoms with Crippen molar-refractivity contribution in [2.24, 2.45) is 0 Å². The lowest BCUT2D eigenvalue weighted by Gasteiger charge is -2.15. The Morgan fingerprint density at radius 3 is 2.32 bits per heavy atom. The summed E-state index contributed by atoms with van der Waals surface area (Å²) in [5.74, 6) is 0.162. The molecule has 2 aromatic rings. The summed E-state index contributed by atoms with van der Waals surface area (Å²) in [6.45, 7) is 1.72. The molecular weight excluding hydrogens is 338 g/mol. The minimum Gasteiger partial charge on any atom is -0.342 e. The number of likely N-dealkylation sites (tertiary alicyclic amines) is 1. The summed E-state index contributed by atoms with van der Waals surface area (Å²) >= 11 is 6.02. The molecule has 3 rings (SSSR count). The molecule has 25 heavy (non-hydrogen) atoms. The monoisotopic (exact) mass is 357 g/mol. The van der Waals surface area contributed by atoms with Crippen molar-refractivity contribution in [3.63, 3.8) is 0 Å². The van der Waals surface area contributed by atoms with Gasteiger partial charge in [-0.05, 0) is 42.7 Å². The van der Waals surface area contributed by atoms with E-state index in [0.717, 1.165) is 31.5 Å². The van der Waals surface area contributed by atoms with E-state index in [1.165, 1.54) is 0 Å². The number of hydrogen-bond acceptors (Lipinski definition) is 2. The van der Waals surface area contributed by atoms with Crippen LogP contribution >= 0.6 is 11.6 Å². The maximum atomic E-state index is 12.1. The van der Waals surface area contributed by atoms with Gasteiger partial charge in [-0.15, -0.1) is 0 Å². The lowest BCUT2D eigenvalue weighted by atomic mass is 10.1. The molecule has 1 saturated heterocycles. The van der Waals surface area contributed by atoms with Crippen LogP contribution in [-0.4, -0.2) is 29.9 Å². The van der Waals surface area contributed by atoms with Gasteiger partial charge in [0, 0.05) is 18.8 Å². The van der Waals surface area contributed by atoms with Crippen LogP contribution in [0, 0.1) is 0 Å². The predicted octanol–water partition coefficient (Wildman–Crippen LogP) is 4.15. The minimum absolute atomic E-state index is 0.162. The van der Waals surface area contributed by atoms with E-state index >= 15 is 0 Å². The number of anilines is 2. The van der Waals surface area contributed by atoms with Crippen LogP contribution < -0.4 is 10.6 Å². The van der Waals surface area contributed by atoms with Crippen LogP contribution in [0.2, 0.25) is 5.02 Å². The predicted molar refractivity (Wildman–Crippen MR) is 100 cm³/mol. The number of halogens is 1. The SMILES string of the molecule is O=C(Nc1ccc(CC(=O)N2CCCC2)cc1)Nc1ccccc1Cl. The van der Waals surface area contributed by atoms with Crippen molar-refractivity contribution >= 4 is 34.9 Å². The first-order valence-electron chi connectivity index (χ1n) is 8.31. The molecule has 0 spiro atoms. The largest absolute Gasteiger partial charge is 0.342 e. The number of benzene rings is 2. The highest BCUT2D eigenvalue weighted by atomic mass is 35.5. The zero-order chi connectivity index (χ0) is 17.6. The van der Waals surface area contributed by atoms with Crippen molar-refractivity contribution in [1.29, 1.82) is 0 Å². The third kappa shape index (κ3) is 4.73. The van der Waals surface area contributed by atoms with E-state index in [4.69, 9.17) is 11.6 Å². The van der Waals surface area contributed by atoms with E-state index in [1.807, 2.05) is 17.0 Å². The highest BCUT2D eigenvalue weighted by Crippen LogP contribution is 2.21. The molecule has 0 atom stereocenters. The number of urea groups is 1. The maximum Gasteiger partial charge on any atom is 0.323 e. The molecule has 0 aliphatic carbocycles. The fourth-order valence-electron chi connectivity index (χ4n) is 2.81. The van der Waals surface area contributed by atoms with Gasteiger partial charge in [-0.1, -0.05) is 35.9 Å². The fraction of sp³-hybridized carbons (Fsp3) is 0.263. The summed E-state index contributed by atoms with van der Waals surface area (Å²) in [6.07, 6.45) is 2.58. The van der Waals surface area contributed by atoms with Crippen LogP contribution in [0.4, 0.5) is 16.2 Å². The highest BCUT2D eigenvalue weighted by molar-refractivity contribution is 6.33. The molecule has 3 amide bonds. The first-order valence-corrected chi connectivity index (χ1v) is 8.69. The quantitative estimate of drug-likeness (QED) is 0.863. The topological polar surface area (TPSA) is 61.4 Å². The Bertz CT molecular complexity index is 756. The molecule has 1 fully saturated rings. The number of rotatable bonds is 4. The van der Waals surface area contributed by atoms with Crippen LogP contribution in [0.3, 0.4) is 0 Å². The second-order valence-corrected chi connectivity index (χ2v) is 6.43. The standard InChI is InChI=1S/C19H20ClN3O2/c20-16-5-1-2-6-17(16)22-19(25)21-15-9-7-14(8-10-15)13-18(24)23-11-3-4-12-23/h1-2,5-10H,3-4,11-13H2,(H2,21,22,25). The van der Waals surface area contributed by atoms with E-state index < -0.39 is 0 Å². The summed E-state index contributed by atoms with van der Waals surface area (Å²) in [4.78, 5) is 26.1. The van der Waals surface area contributed by atoms with Crippen molar-refractivity contribution in [1.82, 2.24) is 4.90 Å². The van der Waals surface area contributed by atoms with E-state index in [0.29, 0.717) is 22.8 Å². The smallest absolute Gasteiger partial charge is 0.323 e. The van der Waals surface area contributed by atoms with Gasteiger partial charge >= 0.3 is 6.03 Å². The number of carbonyl (C=O) groups is 2. The third-order valence-electron chi connectivity index (χ3n) is 4.15. The molecule has 2 aromatic carbocycles. The van der Waals surface area contributed by atoms with Crippen molar-refractivity contribution in [3.8, 4) is 0 Å². The maximum absolute atomic E-state index is 12.1. The lowest BCUT2D eigenvalue weighted by molar-refractivity contribution is -0.129. The molecule has 0 saturated carbocycles. The minimum atomic E-state index is -0.367. The normalized spacial score (nSPS) is 13.6. The van der Waals surface area contributed by atoms with Crippen LogP contribution in [0.25, 0.3) is 0 Å². The zero-order valence-electron chi connectivity index (χ0n) is 13.8. The summed E-state index contributed by atoms with van der Waals surface area (Å²) in [5, 5.41) is 5.93. The molecule has 130 valence electrons. The third-order valence-corrected chi connectivity index (χ3v) is 4.48. The van der Waals surface area contributed by atoms with Crippen LogP contribution in [0.15, 0.2) is 48.5 Å². The molecule has 1 heterocycles. The first kappa shape index (κ1) is 17.3. The molecule has 0 aromatic heterocycles. The van der Waals surface area contributed by atoms with Gasteiger partial charge in [0.25, 0.3) is 0 Å². The van der Waals surface area contributed by atoms with Gasteiger partial charge in [-0.2, -0.15) is 0 Å². The number of nitrogens with one attached hydrogen (secondary N) is 2. The van der Waals surface area contributed by atoms with Gasteiger partial charge in [0.05, 0.1) is 17.1 Å². The van der Waals surface area contributed by atoms with Crippen molar-refractivity contribution < 1.29 is 9.59 Å². The average molecular weight is 358 g/mol. The van der Waals surface area contributed by atoms with Gasteiger partial charge in [0.2, 0.25) is 5.91 Å². The Balaban J connectivity index is 1.54. The Kier molecular flexibility index (Phi) is 5.56. The molecule has 0 radical (unpaired) electrons. The molecule has 5 nitrogen and oxygen atoms in total. The number of hydrogen-bond donors (Lipinski definition) is 2. The summed E-state index contributed by atoms with van der Waals surface area (Å²) in [5.41, 5.74) is 2.14. The Morgan fingerprint density at radius 1 is 0.960 bits per heavy atom. The number of nitrogens with zero attached hydrogens (tertiary/aromatic N) is 1. The van der Waals surface area contributed by atoms with E-state index in [9.17, 15) is 9.59 Å². The molecule has 1 aliphatic heterocycles. The van der Waals surface area contributed by atoms with Gasteiger partial charge in [-0.3, -0.25) is 4.79 Å². The molecular formula is C19H20ClN3O2. The van der Waals surface area contributed by atoms with Crippen LogP contribution in [0.5, 0.6) is 0 Å². The number of carbonyl (C=O) groups excluding carboxylic acids is 2. The fourth-order valence-corrected chi connectivity index (χ4v) is 2.99. The molecule has 0 bridgehead atoms. The van der Waals surface area contributed by atoms with Gasteiger partial charge in [-0.25, -0.2) is 4.79 Å². The van der Waals surface area contributed by atoms with E-state index in [1.54, 1.807) is 36.4 Å². The molecule has 6 heteroatoms. The van der Waals surface area contributed by atoms with E-state index in [2.05, 4.69) is 10.6 Å². The molecule has 1 aliphatic rings. The van der Waals surface area contributed by atoms with Crippen molar-refractivity contribution in [3.05, 3.63) is 59.1 Å². The number of para-hydroxylation sites is 1. The van der Waals surface area contributed by atoms with Gasteiger partial charge in [0.15, 0.2) is 0 Å². The summed E-state index contributed by atoms with van der Waals surface area (Å²) < 4.78 is 0. The second-order valence-electron chi connectivity index (χ2n) is 6.02. The van der Waals surface area contributed by atoms with Gasteiger partial charge < -0.3 is 15.5 Å². The Hall–Kier alpha value is -2.53. The van der Waals surface area contributed by atoms with E-state index in [-0.39, 0.29) is 11.9 Å².